The lowest BCUT2D eigenvalue weighted by Gasteiger charge is -2.22. The Morgan fingerprint density at radius 2 is 1.94 bits per heavy atom. The molecule has 1 fully saturated rings. The Bertz CT molecular complexity index is 273. The minimum atomic E-state index is -0.791. The molecule has 0 aliphatic carbocycles. The standard InChI is InChI=1S/C11H19NO3.ClH/c1-11(2,3)6-9(13)12-5-4-8(7-12)10(14)15;/h8H,4-7H2,1-3H3,(H,14,15);1H. The number of amides is 1. The van der Waals surface area contributed by atoms with E-state index in [2.05, 4.69) is 0 Å². The van der Waals surface area contributed by atoms with Gasteiger partial charge in [0.2, 0.25) is 5.91 Å². The second kappa shape index (κ2) is 5.53. The Kier molecular flexibility index (Phi) is 5.26. The zero-order chi connectivity index (χ0) is 11.6. The van der Waals surface area contributed by atoms with E-state index in [1.54, 1.807) is 4.90 Å². The van der Waals surface area contributed by atoms with Gasteiger partial charge < -0.3 is 10.0 Å². The molecule has 0 aromatic rings. The maximum atomic E-state index is 11.8. The summed E-state index contributed by atoms with van der Waals surface area (Å²) in [5, 5.41) is 8.81. The fourth-order valence-corrected chi connectivity index (χ4v) is 1.75. The van der Waals surface area contributed by atoms with Crippen molar-refractivity contribution in [1.82, 2.24) is 4.90 Å². The second-order valence-electron chi connectivity index (χ2n) is 5.40. The number of nitrogens with zero attached hydrogens (tertiary/aromatic N) is 1. The Morgan fingerprint density at radius 3 is 2.31 bits per heavy atom. The van der Waals surface area contributed by atoms with Crippen LogP contribution in [0.2, 0.25) is 0 Å². The molecule has 1 rings (SSSR count). The van der Waals surface area contributed by atoms with E-state index in [0.717, 1.165) is 0 Å². The van der Waals surface area contributed by atoms with Crippen molar-refractivity contribution in [3.05, 3.63) is 0 Å². The fraction of sp³-hybridized carbons (Fsp3) is 0.818. The van der Waals surface area contributed by atoms with E-state index in [1.807, 2.05) is 20.8 Å². The van der Waals surface area contributed by atoms with Crippen molar-refractivity contribution in [2.75, 3.05) is 13.1 Å². The van der Waals surface area contributed by atoms with Crippen LogP contribution < -0.4 is 0 Å². The number of hydrogen-bond donors (Lipinski definition) is 1. The highest BCUT2D eigenvalue weighted by molar-refractivity contribution is 5.85. The van der Waals surface area contributed by atoms with Crippen molar-refractivity contribution in [3.63, 3.8) is 0 Å². The monoisotopic (exact) mass is 249 g/mol. The lowest BCUT2D eigenvalue weighted by Crippen LogP contribution is -2.32. The van der Waals surface area contributed by atoms with E-state index in [1.165, 1.54) is 0 Å². The van der Waals surface area contributed by atoms with Gasteiger partial charge >= 0.3 is 5.97 Å². The molecule has 0 radical (unpaired) electrons. The minimum Gasteiger partial charge on any atom is -0.481 e. The summed E-state index contributed by atoms with van der Waals surface area (Å²) in [5.41, 5.74) is -0.0294. The van der Waals surface area contributed by atoms with Crippen molar-refractivity contribution in [2.24, 2.45) is 11.3 Å². The van der Waals surface area contributed by atoms with E-state index in [-0.39, 0.29) is 29.6 Å². The molecule has 1 aliphatic rings. The van der Waals surface area contributed by atoms with E-state index in [9.17, 15) is 9.59 Å². The van der Waals surface area contributed by atoms with Crippen LogP contribution >= 0.6 is 12.4 Å². The van der Waals surface area contributed by atoms with Gasteiger partial charge in [0.15, 0.2) is 0 Å². The number of carboxylic acid groups (broad SMARTS) is 1. The molecule has 1 amide bonds. The molecule has 1 unspecified atom stereocenters. The van der Waals surface area contributed by atoms with Gasteiger partial charge in [-0.15, -0.1) is 12.4 Å². The molecule has 0 bridgehead atoms. The quantitative estimate of drug-likeness (QED) is 0.812. The largest absolute Gasteiger partial charge is 0.481 e. The van der Waals surface area contributed by atoms with Gasteiger partial charge in [0.05, 0.1) is 5.92 Å². The average Bonchev–Trinajstić information content (AvgIpc) is 2.47. The van der Waals surface area contributed by atoms with Gasteiger partial charge in [0, 0.05) is 19.5 Å². The van der Waals surface area contributed by atoms with E-state index >= 15 is 0 Å². The number of hydrogen-bond acceptors (Lipinski definition) is 2. The topological polar surface area (TPSA) is 57.6 Å². The molecule has 4 nitrogen and oxygen atoms in total. The van der Waals surface area contributed by atoms with Gasteiger partial charge in [0.1, 0.15) is 0 Å². The number of aliphatic carboxylic acids is 1. The molecule has 0 aromatic heterocycles. The first kappa shape index (κ1) is 15.2. The van der Waals surface area contributed by atoms with Crippen molar-refractivity contribution in [2.45, 2.75) is 33.6 Å². The Hall–Kier alpha value is -0.770. The molecule has 5 heteroatoms. The molecule has 1 saturated heterocycles. The minimum absolute atomic E-state index is 0. The summed E-state index contributed by atoms with van der Waals surface area (Å²) >= 11 is 0. The van der Waals surface area contributed by atoms with Gasteiger partial charge in [-0.05, 0) is 11.8 Å². The first-order chi connectivity index (χ1) is 6.79. The van der Waals surface area contributed by atoms with Gasteiger partial charge in [0.25, 0.3) is 0 Å². The molecule has 0 saturated carbocycles. The maximum absolute atomic E-state index is 11.8. The third-order valence-corrected chi connectivity index (χ3v) is 2.57. The van der Waals surface area contributed by atoms with Gasteiger partial charge in [-0.1, -0.05) is 20.8 Å². The molecule has 1 aliphatic heterocycles. The zero-order valence-electron chi connectivity index (χ0n) is 10.0. The van der Waals surface area contributed by atoms with Crippen LogP contribution in [-0.2, 0) is 9.59 Å². The first-order valence-electron chi connectivity index (χ1n) is 5.30. The van der Waals surface area contributed by atoms with Crippen molar-refractivity contribution >= 4 is 24.3 Å². The maximum Gasteiger partial charge on any atom is 0.308 e. The summed E-state index contributed by atoms with van der Waals surface area (Å²) in [6.07, 6.45) is 1.07. The highest BCUT2D eigenvalue weighted by Crippen LogP contribution is 2.23. The fourth-order valence-electron chi connectivity index (χ4n) is 1.75. The Balaban J connectivity index is 0.00000225. The summed E-state index contributed by atoms with van der Waals surface area (Å²) in [5.74, 6) is -1.08. The SMILES string of the molecule is CC(C)(C)CC(=O)N1CCC(C(=O)O)C1.Cl. The normalized spacial score (nSPS) is 20.4. The van der Waals surface area contributed by atoms with Crippen molar-refractivity contribution < 1.29 is 14.7 Å². The third-order valence-electron chi connectivity index (χ3n) is 2.57. The number of halogens is 1. The van der Waals surface area contributed by atoms with Crippen LogP contribution in [0.1, 0.15) is 33.6 Å². The Labute approximate surface area is 102 Å². The summed E-state index contributed by atoms with van der Waals surface area (Å²) in [7, 11) is 0. The molecule has 1 heterocycles. The first-order valence-corrected chi connectivity index (χ1v) is 5.30. The molecule has 16 heavy (non-hydrogen) atoms. The van der Waals surface area contributed by atoms with Crippen LogP contribution in [0, 0.1) is 11.3 Å². The van der Waals surface area contributed by atoms with E-state index in [4.69, 9.17) is 5.11 Å². The van der Waals surface area contributed by atoms with Crippen molar-refractivity contribution in [1.29, 1.82) is 0 Å². The van der Waals surface area contributed by atoms with Crippen molar-refractivity contribution in [3.8, 4) is 0 Å². The lowest BCUT2D eigenvalue weighted by atomic mass is 9.92. The van der Waals surface area contributed by atoms with Gasteiger partial charge in [-0.25, -0.2) is 0 Å². The smallest absolute Gasteiger partial charge is 0.308 e. The summed E-state index contributed by atoms with van der Waals surface area (Å²) < 4.78 is 0. The Morgan fingerprint density at radius 1 is 1.38 bits per heavy atom. The van der Waals surface area contributed by atoms with Crippen LogP contribution in [0.5, 0.6) is 0 Å². The lowest BCUT2D eigenvalue weighted by molar-refractivity contribution is -0.141. The number of likely N-dealkylation sites (tertiary alicyclic amines) is 1. The molecule has 0 aromatic carbocycles. The van der Waals surface area contributed by atoms with E-state index < -0.39 is 5.97 Å². The van der Waals surface area contributed by atoms with Crippen LogP contribution in [0.25, 0.3) is 0 Å². The second-order valence-corrected chi connectivity index (χ2v) is 5.40. The van der Waals surface area contributed by atoms with Crippen LogP contribution in [0.4, 0.5) is 0 Å². The van der Waals surface area contributed by atoms with Gasteiger partial charge in [-0.2, -0.15) is 0 Å². The predicted octanol–water partition coefficient (Wildman–Crippen LogP) is 1.78. The van der Waals surface area contributed by atoms with Crippen LogP contribution in [-0.4, -0.2) is 35.0 Å². The molecular formula is C11H20ClNO3. The van der Waals surface area contributed by atoms with Crippen LogP contribution in [0.15, 0.2) is 0 Å². The van der Waals surface area contributed by atoms with E-state index in [0.29, 0.717) is 25.9 Å². The highest BCUT2D eigenvalue weighted by atomic mass is 35.5. The third kappa shape index (κ3) is 4.39. The number of carbonyl (C=O) groups excluding carboxylic acids is 1. The molecule has 0 spiro atoms. The predicted molar refractivity (Wildman–Crippen MR) is 63.6 cm³/mol. The molecular weight excluding hydrogens is 230 g/mol. The van der Waals surface area contributed by atoms with Crippen LogP contribution in [0.3, 0.4) is 0 Å². The number of carbonyl (C=O) groups is 2. The zero-order valence-corrected chi connectivity index (χ0v) is 10.8. The number of carboxylic acids is 1. The highest BCUT2D eigenvalue weighted by Gasteiger charge is 2.31. The number of rotatable bonds is 2. The molecule has 94 valence electrons. The molecule has 1 N–H and O–H groups in total. The summed E-state index contributed by atoms with van der Waals surface area (Å²) in [6, 6.07) is 0. The summed E-state index contributed by atoms with van der Waals surface area (Å²) in [6.45, 7) is 7.00. The summed E-state index contributed by atoms with van der Waals surface area (Å²) in [4.78, 5) is 24.1. The average molecular weight is 250 g/mol. The van der Waals surface area contributed by atoms with Gasteiger partial charge in [-0.3, -0.25) is 9.59 Å². The molecule has 1 atom stereocenters.